The summed E-state index contributed by atoms with van der Waals surface area (Å²) in [6, 6.07) is 12.9. The monoisotopic (exact) mass is 692 g/mol. The van der Waals surface area contributed by atoms with Crippen molar-refractivity contribution >= 4 is 46.8 Å². The summed E-state index contributed by atoms with van der Waals surface area (Å²) >= 11 is 6.24. The van der Waals surface area contributed by atoms with E-state index in [0.717, 1.165) is 24.0 Å². The van der Waals surface area contributed by atoms with E-state index < -0.39 is 58.7 Å². The molecule has 49 heavy (non-hydrogen) atoms. The van der Waals surface area contributed by atoms with E-state index in [0.29, 0.717) is 23.6 Å². The molecule has 2 heterocycles. The first-order valence-electron chi connectivity index (χ1n) is 16.8. The summed E-state index contributed by atoms with van der Waals surface area (Å²) < 4.78 is 0. The van der Waals surface area contributed by atoms with Crippen LogP contribution in [0.2, 0.25) is 5.02 Å². The number of oxime groups is 1. The first-order chi connectivity index (χ1) is 23.3. The third kappa shape index (κ3) is 8.97. The van der Waals surface area contributed by atoms with Crippen LogP contribution < -0.4 is 21.3 Å². The number of likely N-dealkylation sites (tertiary alicyclic amines) is 1. The molecule has 0 bridgehead atoms. The van der Waals surface area contributed by atoms with Gasteiger partial charge in [0.1, 0.15) is 12.1 Å². The van der Waals surface area contributed by atoms with Gasteiger partial charge in [0.25, 0.3) is 5.91 Å². The minimum absolute atomic E-state index is 0.00589. The molecule has 12 nitrogen and oxygen atoms in total. The summed E-state index contributed by atoms with van der Waals surface area (Å²) in [6.07, 6.45) is 2.80. The number of ketones is 1. The molecule has 0 aromatic heterocycles. The number of halogens is 1. The summed E-state index contributed by atoms with van der Waals surface area (Å²) in [5.41, 5.74) is 0.483. The molecule has 5 rings (SSSR count). The third-order valence-electron chi connectivity index (χ3n) is 9.01. The number of hydrogen-bond acceptors (Lipinski definition) is 7. The Balaban J connectivity index is 1.38. The van der Waals surface area contributed by atoms with E-state index in [9.17, 15) is 24.0 Å². The zero-order chi connectivity index (χ0) is 35.3. The molecule has 2 aliphatic heterocycles. The molecule has 0 unspecified atom stereocenters. The fourth-order valence-corrected chi connectivity index (χ4v) is 6.39. The van der Waals surface area contributed by atoms with Crippen molar-refractivity contribution in [3.63, 3.8) is 0 Å². The second kappa shape index (κ2) is 15.0. The van der Waals surface area contributed by atoms with E-state index in [1.54, 1.807) is 18.2 Å². The fraction of sp³-hybridized carbons (Fsp3) is 0.500. The molecule has 1 spiro atoms. The van der Waals surface area contributed by atoms with Gasteiger partial charge in [0, 0.05) is 36.0 Å². The van der Waals surface area contributed by atoms with Crippen LogP contribution in [0.3, 0.4) is 0 Å². The Morgan fingerprint density at radius 2 is 1.78 bits per heavy atom. The molecular weight excluding hydrogens is 648 g/mol. The molecule has 2 aromatic carbocycles. The Labute approximate surface area is 291 Å². The number of amides is 5. The largest absolute Gasteiger partial charge is 0.387 e. The molecule has 4 atom stereocenters. The van der Waals surface area contributed by atoms with Crippen LogP contribution in [0, 0.1) is 5.41 Å². The summed E-state index contributed by atoms with van der Waals surface area (Å²) in [5, 5.41) is 16.0. The SMILES string of the molecule is CCC[C@H](NC(=O)[C@@H]1C[C@]2(CC(c3cccc(Cl)c3)=NO2)CN1C(=O)[C@@H](NC(=O)NCc1ccccc1)C(C)(C)C)C(=O)C(=O)NC1CC1. The molecule has 2 fully saturated rings. The number of nitrogens with zero attached hydrogens (tertiary/aromatic N) is 2. The van der Waals surface area contributed by atoms with Crippen molar-refractivity contribution in [3.05, 3.63) is 70.7 Å². The van der Waals surface area contributed by atoms with Crippen molar-refractivity contribution in [2.45, 2.75) is 103 Å². The predicted octanol–water partition coefficient (Wildman–Crippen LogP) is 3.85. The smallest absolute Gasteiger partial charge is 0.315 e. The van der Waals surface area contributed by atoms with Gasteiger partial charge in [-0.05, 0) is 42.4 Å². The van der Waals surface area contributed by atoms with Crippen LogP contribution in [0.4, 0.5) is 4.79 Å². The van der Waals surface area contributed by atoms with Crippen LogP contribution in [0.5, 0.6) is 0 Å². The topological polar surface area (TPSA) is 158 Å². The Morgan fingerprint density at radius 3 is 2.43 bits per heavy atom. The molecule has 3 aliphatic rings. The number of Topliss-reactive ketones (excluding diaryl/α,β-unsaturated/α-hetero) is 1. The first kappa shape index (κ1) is 35.8. The molecule has 1 aliphatic carbocycles. The van der Waals surface area contributed by atoms with Crippen molar-refractivity contribution in [2.75, 3.05) is 6.54 Å². The van der Waals surface area contributed by atoms with Crippen LogP contribution in [-0.2, 0) is 30.6 Å². The number of urea groups is 1. The average Bonchev–Trinajstić information content (AvgIpc) is 3.66. The normalized spacial score (nSPS) is 21.3. The highest BCUT2D eigenvalue weighted by Gasteiger charge is 2.55. The average molecular weight is 693 g/mol. The van der Waals surface area contributed by atoms with Gasteiger partial charge in [-0.3, -0.25) is 19.2 Å². The molecular formula is C36H45ClN6O6. The van der Waals surface area contributed by atoms with Crippen LogP contribution in [0.15, 0.2) is 59.8 Å². The van der Waals surface area contributed by atoms with Crippen LogP contribution in [-0.4, -0.2) is 76.5 Å². The van der Waals surface area contributed by atoms with Crippen LogP contribution >= 0.6 is 11.6 Å². The van der Waals surface area contributed by atoms with Crippen LogP contribution in [0.25, 0.3) is 0 Å². The van der Waals surface area contributed by atoms with Crippen molar-refractivity contribution in [3.8, 4) is 0 Å². The van der Waals surface area contributed by atoms with E-state index >= 15 is 0 Å². The third-order valence-corrected chi connectivity index (χ3v) is 9.25. The molecule has 4 N–H and O–H groups in total. The quantitative estimate of drug-likeness (QED) is 0.248. The molecule has 262 valence electrons. The van der Waals surface area contributed by atoms with Gasteiger partial charge in [0.2, 0.25) is 17.6 Å². The van der Waals surface area contributed by atoms with Gasteiger partial charge in [-0.15, -0.1) is 0 Å². The van der Waals surface area contributed by atoms with E-state index in [1.807, 2.05) is 64.1 Å². The van der Waals surface area contributed by atoms with Crippen molar-refractivity contribution in [1.29, 1.82) is 0 Å². The second-order valence-electron chi connectivity index (χ2n) is 14.3. The fourth-order valence-electron chi connectivity index (χ4n) is 6.19. The maximum Gasteiger partial charge on any atom is 0.315 e. The van der Waals surface area contributed by atoms with Gasteiger partial charge in [-0.1, -0.05) is 93.3 Å². The Morgan fingerprint density at radius 1 is 1.04 bits per heavy atom. The lowest BCUT2D eigenvalue weighted by Gasteiger charge is -2.35. The maximum atomic E-state index is 14.5. The number of hydrogen-bond donors (Lipinski definition) is 4. The first-order valence-corrected chi connectivity index (χ1v) is 17.2. The number of benzene rings is 2. The zero-order valence-corrected chi connectivity index (χ0v) is 29.1. The molecule has 5 amide bonds. The lowest BCUT2D eigenvalue weighted by atomic mass is 9.85. The van der Waals surface area contributed by atoms with Crippen molar-refractivity contribution in [2.24, 2.45) is 10.6 Å². The minimum atomic E-state index is -1.07. The lowest BCUT2D eigenvalue weighted by Crippen LogP contribution is -2.60. The molecule has 2 aromatic rings. The number of nitrogens with one attached hydrogen (secondary N) is 4. The van der Waals surface area contributed by atoms with Crippen LogP contribution in [0.1, 0.15) is 77.3 Å². The number of carbonyl (C=O) groups excluding carboxylic acids is 5. The van der Waals surface area contributed by atoms with E-state index in [-0.39, 0.29) is 32.0 Å². The molecule has 0 radical (unpaired) electrons. The Bertz CT molecular complexity index is 1610. The number of carbonyl (C=O) groups is 5. The highest BCUT2D eigenvalue weighted by molar-refractivity contribution is 6.38. The standard InChI is InChI=1S/C36H45ClN6O6/c1-5-10-26(29(44)32(46)39-25-15-16-25)40-31(45)28-19-36(18-27(42-49-36)23-13-9-14-24(37)17-23)21-43(28)33(47)30(35(2,3)4)41-34(48)38-20-22-11-7-6-8-12-22/h6-9,11-14,17,25-26,28,30H,5,10,15-16,18-21H2,1-4H3,(H,39,46)(H,40,45)(H2,38,41,48)/t26-,28-,30+,36+/m0/s1. The second-order valence-corrected chi connectivity index (χ2v) is 14.7. The highest BCUT2D eigenvalue weighted by Crippen LogP contribution is 2.40. The summed E-state index contributed by atoms with van der Waals surface area (Å²) in [6.45, 7) is 7.60. The Hall–Kier alpha value is -4.45. The predicted molar refractivity (Wildman–Crippen MR) is 185 cm³/mol. The Kier molecular flexibility index (Phi) is 11.0. The zero-order valence-electron chi connectivity index (χ0n) is 28.4. The molecule has 1 saturated heterocycles. The number of rotatable bonds is 12. The summed E-state index contributed by atoms with van der Waals surface area (Å²) in [5.74, 6) is -2.52. The van der Waals surface area contributed by atoms with Gasteiger partial charge in [0.15, 0.2) is 5.60 Å². The van der Waals surface area contributed by atoms with Gasteiger partial charge >= 0.3 is 6.03 Å². The van der Waals surface area contributed by atoms with Gasteiger partial charge < -0.3 is 31.0 Å². The van der Waals surface area contributed by atoms with E-state index in [4.69, 9.17) is 16.4 Å². The van der Waals surface area contributed by atoms with E-state index in [1.165, 1.54) is 4.90 Å². The van der Waals surface area contributed by atoms with Gasteiger partial charge in [-0.25, -0.2) is 4.79 Å². The lowest BCUT2D eigenvalue weighted by molar-refractivity contribution is -0.144. The summed E-state index contributed by atoms with van der Waals surface area (Å²) in [7, 11) is 0. The minimum Gasteiger partial charge on any atom is -0.387 e. The maximum absolute atomic E-state index is 14.5. The molecule has 1 saturated carbocycles. The summed E-state index contributed by atoms with van der Waals surface area (Å²) in [4.78, 5) is 75.0. The highest BCUT2D eigenvalue weighted by atomic mass is 35.5. The van der Waals surface area contributed by atoms with E-state index in [2.05, 4.69) is 26.4 Å². The molecule has 13 heteroatoms. The van der Waals surface area contributed by atoms with Crippen molar-refractivity contribution in [1.82, 2.24) is 26.2 Å². The van der Waals surface area contributed by atoms with Gasteiger partial charge in [-0.2, -0.15) is 0 Å². The van der Waals surface area contributed by atoms with Crippen molar-refractivity contribution < 1.29 is 28.8 Å². The van der Waals surface area contributed by atoms with Gasteiger partial charge in [0.05, 0.1) is 18.3 Å².